The Labute approximate surface area is 143 Å². The van der Waals surface area contributed by atoms with Crippen LogP contribution in [-0.4, -0.2) is 47.7 Å². The van der Waals surface area contributed by atoms with Crippen molar-refractivity contribution < 1.29 is 17.9 Å². The lowest BCUT2D eigenvalue weighted by atomic mass is 9.99. The first kappa shape index (κ1) is 18.9. The smallest absolute Gasteiger partial charge is 0.240 e. The largest absolute Gasteiger partial charge is 0.383 e. The van der Waals surface area contributed by atoms with Crippen molar-refractivity contribution in [2.45, 2.75) is 24.3 Å². The second-order valence-corrected chi connectivity index (χ2v) is 7.56. The maximum Gasteiger partial charge on any atom is 0.240 e. The average molecular weight is 355 g/mol. The maximum atomic E-state index is 12.1. The summed E-state index contributed by atoms with van der Waals surface area (Å²) in [6, 6.07) is 6.51. The van der Waals surface area contributed by atoms with Crippen molar-refractivity contribution in [2.75, 3.05) is 33.4 Å². The van der Waals surface area contributed by atoms with Crippen LogP contribution in [0.1, 0.15) is 18.4 Å². The van der Waals surface area contributed by atoms with Gasteiger partial charge in [0.05, 0.1) is 17.4 Å². The fraction of sp³-hybridized carbons (Fsp3) is 0.562. The fourth-order valence-electron chi connectivity index (χ4n) is 2.56. The molecule has 7 nitrogen and oxygen atoms in total. The molecule has 0 bridgehead atoms. The molecule has 1 saturated heterocycles. The van der Waals surface area contributed by atoms with Gasteiger partial charge in [-0.25, -0.2) is 13.1 Å². The molecule has 1 aromatic rings. The Kier molecular flexibility index (Phi) is 7.16. The van der Waals surface area contributed by atoms with Gasteiger partial charge in [0, 0.05) is 26.7 Å². The average Bonchev–Trinajstić information content (AvgIpc) is 2.61. The predicted octanol–water partition coefficient (Wildman–Crippen LogP) is 0.227. The number of amides is 1. The van der Waals surface area contributed by atoms with E-state index in [0.717, 1.165) is 31.5 Å². The number of hydrogen-bond donors (Lipinski definition) is 3. The van der Waals surface area contributed by atoms with Crippen molar-refractivity contribution in [3.63, 3.8) is 0 Å². The number of carbonyl (C=O) groups is 1. The van der Waals surface area contributed by atoms with Gasteiger partial charge in [-0.05, 0) is 37.1 Å². The summed E-state index contributed by atoms with van der Waals surface area (Å²) in [4.78, 5) is 12.3. The minimum atomic E-state index is -3.52. The number of benzene rings is 1. The van der Waals surface area contributed by atoms with Gasteiger partial charge in [-0.2, -0.15) is 0 Å². The molecule has 3 N–H and O–H groups in total. The maximum absolute atomic E-state index is 12.1. The van der Waals surface area contributed by atoms with Gasteiger partial charge in [-0.1, -0.05) is 12.1 Å². The summed E-state index contributed by atoms with van der Waals surface area (Å²) in [5, 5.41) is 6.12. The summed E-state index contributed by atoms with van der Waals surface area (Å²) in [5.41, 5.74) is 0.864. The van der Waals surface area contributed by atoms with Gasteiger partial charge in [0.25, 0.3) is 0 Å². The van der Waals surface area contributed by atoms with E-state index >= 15 is 0 Å². The summed E-state index contributed by atoms with van der Waals surface area (Å²) >= 11 is 0. The predicted molar refractivity (Wildman–Crippen MR) is 90.9 cm³/mol. The normalized spacial score (nSPS) is 18.3. The zero-order chi connectivity index (χ0) is 17.4. The van der Waals surface area contributed by atoms with Crippen molar-refractivity contribution in [3.8, 4) is 0 Å². The molecule has 0 aromatic heterocycles. The molecule has 8 heteroatoms. The van der Waals surface area contributed by atoms with Crippen LogP contribution in [0.15, 0.2) is 29.2 Å². The van der Waals surface area contributed by atoms with E-state index in [1.54, 1.807) is 24.3 Å². The number of sulfonamides is 1. The minimum Gasteiger partial charge on any atom is -0.383 e. The van der Waals surface area contributed by atoms with Gasteiger partial charge in [-0.15, -0.1) is 0 Å². The van der Waals surface area contributed by atoms with Crippen LogP contribution >= 0.6 is 0 Å². The second kappa shape index (κ2) is 9.12. The number of carbonyl (C=O) groups excluding carboxylic acids is 1. The molecule has 134 valence electrons. The van der Waals surface area contributed by atoms with Crippen LogP contribution in [-0.2, 0) is 26.1 Å². The third-order valence-electron chi connectivity index (χ3n) is 3.97. The molecule has 1 aromatic carbocycles. The van der Waals surface area contributed by atoms with Crippen LogP contribution in [0.4, 0.5) is 0 Å². The van der Waals surface area contributed by atoms with E-state index in [2.05, 4.69) is 15.4 Å². The number of piperidine rings is 1. The Balaban J connectivity index is 1.86. The number of rotatable bonds is 8. The monoisotopic (exact) mass is 355 g/mol. The highest BCUT2D eigenvalue weighted by Crippen LogP contribution is 2.12. The Hall–Kier alpha value is -1.48. The van der Waals surface area contributed by atoms with E-state index in [0.29, 0.717) is 13.2 Å². The SMILES string of the molecule is COCCNS(=O)(=O)c1ccc(CNC(=O)C2CCCNC2)cc1. The van der Waals surface area contributed by atoms with Crippen LogP contribution < -0.4 is 15.4 Å². The summed E-state index contributed by atoms with van der Waals surface area (Å²) in [6.45, 7) is 2.63. The standard InChI is InChI=1S/C16H25N3O4S/c1-23-10-9-19-24(21,22)15-6-4-13(5-7-15)11-18-16(20)14-3-2-8-17-12-14/h4-7,14,17,19H,2-3,8-12H2,1H3,(H,18,20). The van der Waals surface area contributed by atoms with E-state index < -0.39 is 10.0 Å². The Morgan fingerprint density at radius 2 is 2.08 bits per heavy atom. The van der Waals surface area contributed by atoms with E-state index in [4.69, 9.17) is 4.74 Å². The summed E-state index contributed by atoms with van der Waals surface area (Å²) < 4.78 is 31.4. The topological polar surface area (TPSA) is 96.5 Å². The molecule has 1 amide bonds. The number of hydrogen-bond acceptors (Lipinski definition) is 5. The van der Waals surface area contributed by atoms with Gasteiger partial charge in [-0.3, -0.25) is 4.79 Å². The molecule has 0 aliphatic carbocycles. The van der Waals surface area contributed by atoms with Crippen molar-refractivity contribution in [2.24, 2.45) is 5.92 Å². The molecule has 0 radical (unpaired) electrons. The Morgan fingerprint density at radius 1 is 1.33 bits per heavy atom. The first-order chi connectivity index (χ1) is 11.5. The van der Waals surface area contributed by atoms with Gasteiger partial charge >= 0.3 is 0 Å². The summed E-state index contributed by atoms with van der Waals surface area (Å²) in [6.07, 6.45) is 1.92. The molecule has 1 fully saturated rings. The molecule has 2 rings (SSSR count). The molecule has 1 unspecified atom stereocenters. The summed E-state index contributed by atoms with van der Waals surface area (Å²) in [7, 11) is -2.01. The lowest BCUT2D eigenvalue weighted by Crippen LogP contribution is -2.40. The third-order valence-corrected chi connectivity index (χ3v) is 5.44. The van der Waals surface area contributed by atoms with Gasteiger partial charge in [0.1, 0.15) is 0 Å². The number of nitrogens with one attached hydrogen (secondary N) is 3. The van der Waals surface area contributed by atoms with Crippen LogP contribution in [0.5, 0.6) is 0 Å². The van der Waals surface area contributed by atoms with Crippen LogP contribution in [0.25, 0.3) is 0 Å². The van der Waals surface area contributed by atoms with E-state index in [1.807, 2.05) is 0 Å². The molecular weight excluding hydrogens is 330 g/mol. The van der Waals surface area contributed by atoms with E-state index in [1.165, 1.54) is 7.11 Å². The van der Waals surface area contributed by atoms with Crippen molar-refractivity contribution in [1.82, 2.24) is 15.4 Å². The van der Waals surface area contributed by atoms with Gasteiger partial charge in [0.2, 0.25) is 15.9 Å². The zero-order valence-electron chi connectivity index (χ0n) is 13.9. The molecule has 0 spiro atoms. The van der Waals surface area contributed by atoms with Crippen LogP contribution in [0.2, 0.25) is 0 Å². The highest BCUT2D eigenvalue weighted by Gasteiger charge is 2.20. The molecule has 1 aliphatic rings. The van der Waals surface area contributed by atoms with E-state index in [-0.39, 0.29) is 23.3 Å². The molecule has 1 aliphatic heterocycles. The minimum absolute atomic E-state index is 0.0170. The number of ether oxygens (including phenoxy) is 1. The molecule has 1 heterocycles. The Bertz CT molecular complexity index is 625. The van der Waals surface area contributed by atoms with Gasteiger partial charge in [0.15, 0.2) is 0 Å². The zero-order valence-corrected chi connectivity index (χ0v) is 14.7. The molecule has 24 heavy (non-hydrogen) atoms. The molecule has 1 atom stereocenters. The highest BCUT2D eigenvalue weighted by atomic mass is 32.2. The van der Waals surface area contributed by atoms with Crippen molar-refractivity contribution >= 4 is 15.9 Å². The first-order valence-electron chi connectivity index (χ1n) is 8.09. The van der Waals surface area contributed by atoms with Crippen molar-refractivity contribution in [3.05, 3.63) is 29.8 Å². The first-order valence-corrected chi connectivity index (χ1v) is 9.57. The third kappa shape index (κ3) is 5.55. The lowest BCUT2D eigenvalue weighted by Gasteiger charge is -2.21. The molecule has 0 saturated carbocycles. The van der Waals surface area contributed by atoms with Crippen LogP contribution in [0, 0.1) is 5.92 Å². The fourth-order valence-corrected chi connectivity index (χ4v) is 3.57. The second-order valence-electron chi connectivity index (χ2n) is 5.80. The van der Waals surface area contributed by atoms with Crippen molar-refractivity contribution in [1.29, 1.82) is 0 Å². The molecular formula is C16H25N3O4S. The van der Waals surface area contributed by atoms with E-state index in [9.17, 15) is 13.2 Å². The summed E-state index contributed by atoms with van der Waals surface area (Å²) in [5.74, 6) is 0.0588. The van der Waals surface area contributed by atoms with Crippen LogP contribution in [0.3, 0.4) is 0 Å². The van der Waals surface area contributed by atoms with Gasteiger partial charge < -0.3 is 15.4 Å². The Morgan fingerprint density at radius 3 is 2.71 bits per heavy atom. The number of methoxy groups -OCH3 is 1. The quantitative estimate of drug-likeness (QED) is 0.580. The highest BCUT2D eigenvalue weighted by molar-refractivity contribution is 7.89. The lowest BCUT2D eigenvalue weighted by molar-refractivity contribution is -0.125.